The van der Waals surface area contributed by atoms with Gasteiger partial charge in [-0.25, -0.2) is 4.79 Å². The summed E-state index contributed by atoms with van der Waals surface area (Å²) in [4.78, 5) is 35.4. The van der Waals surface area contributed by atoms with Crippen LogP contribution in [-0.4, -0.2) is 33.2 Å². The lowest BCUT2D eigenvalue weighted by Crippen LogP contribution is -2.47. The third kappa shape index (κ3) is 4.68. The topological polar surface area (TPSA) is 112 Å². The van der Waals surface area contributed by atoms with Crippen LogP contribution in [0.1, 0.15) is 92.9 Å². The van der Waals surface area contributed by atoms with Crippen LogP contribution in [0.25, 0.3) is 0 Å². The van der Waals surface area contributed by atoms with Gasteiger partial charge in [-0.3, -0.25) is 9.59 Å². The molecule has 3 aliphatic carbocycles. The van der Waals surface area contributed by atoms with E-state index in [9.17, 15) is 24.6 Å². The van der Waals surface area contributed by atoms with Gasteiger partial charge in [0.05, 0.1) is 11.8 Å². The first-order chi connectivity index (χ1) is 16.6. The maximum absolute atomic E-state index is 12.2. The smallest absolute Gasteiger partial charge is 0.330 e. The van der Waals surface area contributed by atoms with E-state index in [4.69, 9.17) is 5.11 Å². The van der Waals surface area contributed by atoms with Crippen molar-refractivity contribution in [2.45, 2.75) is 92.9 Å². The summed E-state index contributed by atoms with van der Waals surface area (Å²) in [5.74, 6) is -1.93. The number of carbonyl (C=O) groups is 3. The summed E-state index contributed by atoms with van der Waals surface area (Å²) in [6.07, 6.45) is 7.68. The van der Waals surface area contributed by atoms with Crippen LogP contribution in [-0.2, 0) is 14.4 Å². The minimum Gasteiger partial charge on any atom is -0.481 e. The van der Waals surface area contributed by atoms with Gasteiger partial charge in [0.1, 0.15) is 0 Å². The van der Waals surface area contributed by atoms with E-state index in [1.54, 1.807) is 26.8 Å². The molecule has 6 atom stereocenters. The first-order valence-electron chi connectivity index (χ1n) is 13.3. The van der Waals surface area contributed by atoms with Crippen molar-refractivity contribution < 1.29 is 29.7 Å². The van der Waals surface area contributed by atoms with E-state index in [1.807, 2.05) is 6.92 Å². The summed E-state index contributed by atoms with van der Waals surface area (Å²) in [6, 6.07) is 0. The van der Waals surface area contributed by atoms with E-state index in [-0.39, 0.29) is 23.7 Å². The molecule has 0 aromatic heterocycles. The number of hydrogen-bond acceptors (Lipinski definition) is 3. The Morgan fingerprint density at radius 2 is 1.78 bits per heavy atom. The van der Waals surface area contributed by atoms with Crippen molar-refractivity contribution in [1.82, 2.24) is 0 Å². The highest BCUT2D eigenvalue weighted by Gasteiger charge is 2.59. The standard InChI is InChI=1S/C30H44O6/c1-17(9-8-10-18(2)26(33)34)20-13-14-29(6)21-11-12-24(28(4,5)27(35)36)30(7,16-25(31)32)23(21)15-22(29)19(20)3/h10,17,20,22,24H,3,8-9,11-16H2,1-2,4-7H3,(H,31,32)(H,33,34)(H,35,36). The SMILES string of the molecule is C=C1C(C(C)CCC=C(C)C(=O)O)CCC2(C)C3=C(CC12)C(C)(CC(=O)O)C(C(C)(C)C(=O)O)CC3. The fraction of sp³-hybridized carbons (Fsp3) is 0.700. The molecule has 200 valence electrons. The molecule has 0 aliphatic heterocycles. The van der Waals surface area contributed by atoms with Crippen LogP contribution in [0.5, 0.6) is 0 Å². The molecule has 36 heavy (non-hydrogen) atoms. The first kappa shape index (κ1) is 28.2. The minimum atomic E-state index is -1.02. The van der Waals surface area contributed by atoms with Crippen molar-refractivity contribution in [2.24, 2.45) is 39.9 Å². The second-order valence-corrected chi connectivity index (χ2v) is 12.7. The first-order valence-corrected chi connectivity index (χ1v) is 13.3. The van der Waals surface area contributed by atoms with Gasteiger partial charge >= 0.3 is 17.9 Å². The van der Waals surface area contributed by atoms with Crippen molar-refractivity contribution in [3.8, 4) is 0 Å². The van der Waals surface area contributed by atoms with Crippen LogP contribution in [0.15, 0.2) is 34.9 Å². The Labute approximate surface area is 215 Å². The summed E-state index contributed by atoms with van der Waals surface area (Å²) in [5, 5.41) is 29.0. The zero-order valence-corrected chi connectivity index (χ0v) is 22.8. The van der Waals surface area contributed by atoms with Gasteiger partial charge in [-0.05, 0) is 94.8 Å². The Kier molecular flexibility index (Phi) is 7.70. The maximum atomic E-state index is 12.2. The number of fused-ring (bicyclic) bond motifs is 2. The zero-order chi connectivity index (χ0) is 27.2. The Balaban J connectivity index is 1.89. The van der Waals surface area contributed by atoms with Gasteiger partial charge in [-0.15, -0.1) is 0 Å². The third-order valence-corrected chi connectivity index (χ3v) is 10.3. The van der Waals surface area contributed by atoms with Crippen LogP contribution < -0.4 is 0 Å². The Hall–Kier alpha value is -2.37. The molecule has 0 saturated heterocycles. The largest absolute Gasteiger partial charge is 0.481 e. The summed E-state index contributed by atoms with van der Waals surface area (Å²) in [7, 11) is 0. The van der Waals surface area contributed by atoms with Crippen molar-refractivity contribution in [2.75, 3.05) is 0 Å². The average Bonchev–Trinajstić information content (AvgIpc) is 3.07. The van der Waals surface area contributed by atoms with Gasteiger partial charge in [-0.1, -0.05) is 50.1 Å². The monoisotopic (exact) mass is 500 g/mol. The molecule has 0 heterocycles. The van der Waals surface area contributed by atoms with Crippen molar-refractivity contribution in [3.05, 3.63) is 34.9 Å². The molecule has 0 aromatic rings. The molecule has 6 unspecified atom stereocenters. The molecule has 3 aliphatic rings. The van der Waals surface area contributed by atoms with Gasteiger partial charge < -0.3 is 15.3 Å². The van der Waals surface area contributed by atoms with Gasteiger partial charge in [0.25, 0.3) is 0 Å². The predicted octanol–water partition coefficient (Wildman–Crippen LogP) is 6.72. The number of rotatable bonds is 9. The molecule has 6 nitrogen and oxygen atoms in total. The molecule has 0 radical (unpaired) electrons. The summed E-state index contributed by atoms with van der Waals surface area (Å²) in [6.45, 7) is 16.2. The number of aliphatic carboxylic acids is 3. The number of carboxylic acid groups (broad SMARTS) is 3. The number of allylic oxidation sites excluding steroid dienone is 4. The molecule has 0 bridgehead atoms. The molecule has 1 fully saturated rings. The van der Waals surface area contributed by atoms with Crippen molar-refractivity contribution >= 4 is 17.9 Å². The fourth-order valence-corrected chi connectivity index (χ4v) is 8.06. The van der Waals surface area contributed by atoms with Crippen LogP contribution in [0.3, 0.4) is 0 Å². The van der Waals surface area contributed by atoms with Crippen LogP contribution in [0.4, 0.5) is 0 Å². The van der Waals surface area contributed by atoms with Gasteiger partial charge in [-0.2, -0.15) is 0 Å². The normalized spacial score (nSPS) is 33.7. The number of hydrogen-bond donors (Lipinski definition) is 3. The van der Waals surface area contributed by atoms with E-state index >= 15 is 0 Å². The molecule has 0 aromatic carbocycles. The molecule has 1 saturated carbocycles. The molecule has 6 heteroatoms. The Bertz CT molecular complexity index is 1020. The van der Waals surface area contributed by atoms with E-state index in [0.29, 0.717) is 23.8 Å². The molecule has 3 rings (SSSR count). The molecule has 3 N–H and O–H groups in total. The highest BCUT2D eigenvalue weighted by atomic mass is 16.4. The lowest BCUT2D eigenvalue weighted by molar-refractivity contribution is -0.156. The van der Waals surface area contributed by atoms with Crippen LogP contribution >= 0.6 is 0 Å². The van der Waals surface area contributed by atoms with E-state index in [2.05, 4.69) is 20.4 Å². The Morgan fingerprint density at radius 3 is 2.33 bits per heavy atom. The van der Waals surface area contributed by atoms with Crippen molar-refractivity contribution in [1.29, 1.82) is 0 Å². The zero-order valence-electron chi connectivity index (χ0n) is 22.8. The van der Waals surface area contributed by atoms with E-state index in [0.717, 1.165) is 38.5 Å². The third-order valence-electron chi connectivity index (χ3n) is 10.3. The van der Waals surface area contributed by atoms with Gasteiger partial charge in [0.15, 0.2) is 0 Å². The van der Waals surface area contributed by atoms with Crippen LogP contribution in [0, 0.1) is 39.9 Å². The Morgan fingerprint density at radius 1 is 1.14 bits per heavy atom. The van der Waals surface area contributed by atoms with Crippen LogP contribution in [0.2, 0.25) is 0 Å². The minimum absolute atomic E-state index is 0.0550. The molecular weight excluding hydrogens is 456 g/mol. The summed E-state index contributed by atoms with van der Waals surface area (Å²) < 4.78 is 0. The number of carboxylic acids is 3. The molecule has 0 amide bonds. The molecular formula is C30H44O6. The second-order valence-electron chi connectivity index (χ2n) is 12.7. The van der Waals surface area contributed by atoms with E-state index in [1.165, 1.54) is 16.7 Å². The van der Waals surface area contributed by atoms with E-state index < -0.39 is 28.7 Å². The lowest BCUT2D eigenvalue weighted by atomic mass is 9.53. The quantitative estimate of drug-likeness (QED) is 0.239. The lowest BCUT2D eigenvalue weighted by Gasteiger charge is -2.50. The fourth-order valence-electron chi connectivity index (χ4n) is 8.06. The predicted molar refractivity (Wildman–Crippen MR) is 139 cm³/mol. The highest BCUT2D eigenvalue weighted by molar-refractivity contribution is 5.85. The average molecular weight is 501 g/mol. The maximum Gasteiger partial charge on any atom is 0.330 e. The van der Waals surface area contributed by atoms with Crippen molar-refractivity contribution in [3.63, 3.8) is 0 Å². The summed E-state index contributed by atoms with van der Waals surface area (Å²) >= 11 is 0. The highest BCUT2D eigenvalue weighted by Crippen LogP contribution is 2.68. The van der Waals surface area contributed by atoms with Gasteiger partial charge in [0.2, 0.25) is 0 Å². The van der Waals surface area contributed by atoms with Gasteiger partial charge in [0, 0.05) is 11.0 Å². The molecule has 0 spiro atoms. The summed E-state index contributed by atoms with van der Waals surface area (Å²) in [5.41, 5.74) is 2.37. The second kappa shape index (κ2) is 9.83.